The minimum atomic E-state index is -0.544. The van der Waals surface area contributed by atoms with E-state index in [9.17, 15) is 0 Å². The summed E-state index contributed by atoms with van der Waals surface area (Å²) < 4.78 is 0. The van der Waals surface area contributed by atoms with E-state index in [1.165, 1.54) is 257 Å². The van der Waals surface area contributed by atoms with E-state index >= 15 is 0 Å². The Kier molecular flexibility index (Phi) is 31.9. The molecule has 21 N–H and O–H groups in total. The van der Waals surface area contributed by atoms with Crippen LogP contribution in [0.3, 0.4) is 0 Å². The second-order valence-corrected chi connectivity index (χ2v) is 46.8. The lowest BCUT2D eigenvalue weighted by molar-refractivity contribution is -0.0134. The van der Waals surface area contributed by atoms with Crippen LogP contribution in [0.25, 0.3) is 0 Å². The summed E-state index contributed by atoms with van der Waals surface area (Å²) in [5.41, 5.74) is 61.4. The minimum absolute atomic E-state index is 0.300. The summed E-state index contributed by atoms with van der Waals surface area (Å²) in [5, 5.41) is 12.7. The van der Waals surface area contributed by atoms with E-state index in [-0.39, 0.29) is 0 Å². The molecule has 0 spiro atoms. The van der Waals surface area contributed by atoms with Crippen molar-refractivity contribution in [2.24, 2.45) is 210 Å². The average Bonchev–Trinajstić information content (AvgIpc) is 1.56. The van der Waals surface area contributed by atoms with E-state index < -0.39 is 5.54 Å². The number of nitrogens with two attached hydrogens (primary N) is 10. The van der Waals surface area contributed by atoms with Gasteiger partial charge in [0.15, 0.2) is 0 Å². The van der Waals surface area contributed by atoms with E-state index in [1.54, 1.807) is 38.5 Å². The van der Waals surface area contributed by atoms with Gasteiger partial charge in [-0.3, -0.25) is 0 Å². The zero-order valence-corrected chi connectivity index (χ0v) is 74.1. The third-order valence-corrected chi connectivity index (χ3v) is 37.1. The van der Waals surface area contributed by atoms with Gasteiger partial charge in [-0.15, -0.1) is 0 Å². The minimum Gasteiger partial charge on any atom is -0.328 e. The highest BCUT2D eigenvalue weighted by atomic mass is 14.9. The smallest absolute Gasteiger partial charge is 0.107 e. The van der Waals surface area contributed by atoms with Crippen molar-refractivity contribution in [3.8, 4) is 6.07 Å². The topological polar surface area (TPSA) is 296 Å². The van der Waals surface area contributed by atoms with Crippen LogP contribution in [-0.2, 0) is 0 Å². The van der Waals surface area contributed by atoms with Gasteiger partial charge in [0.2, 0.25) is 0 Å². The SMILES string of the molecule is CC1(C)C2CCC1(C)C(N)C2.CC1CC(N)CC(C)(C)C1.CC1CCCC(N)(C#N)C1C.CC1CCCC(N)C1C.CC1CCCCC1N.CCCNC1C2CC3CC(C2)CC1C3.NC12CC3CC(CC(C3)C1)C2.NC12CC3CC(CC1C3)C2.NC1C2CC3CC(C2)CC1C3.NC1CC2CCC1C2.NC1CCCCC1. The molecule has 0 amide bonds. The molecule has 25 rings (SSSR count). The van der Waals surface area contributed by atoms with E-state index in [0.717, 1.165) is 143 Å². The Morgan fingerprint density at radius 2 is 0.873 bits per heavy atom. The molecular weight excluding hydrogens is 1350 g/mol. The van der Waals surface area contributed by atoms with Gasteiger partial charge in [0, 0.05) is 59.4 Å². The molecule has 20 bridgehead atoms. The number of hydrogen-bond acceptors (Lipinski definition) is 12. The van der Waals surface area contributed by atoms with Crippen molar-refractivity contribution in [1.29, 1.82) is 5.26 Å². The van der Waals surface area contributed by atoms with Crippen molar-refractivity contribution in [3.05, 3.63) is 0 Å². The highest BCUT2D eigenvalue weighted by Crippen LogP contribution is 2.65. The molecule has 636 valence electrons. The van der Waals surface area contributed by atoms with Crippen LogP contribution < -0.4 is 62.7 Å². The number of nitrogens with zero attached hydrogens (tertiary/aromatic N) is 1. The molecule has 110 heavy (non-hydrogen) atoms. The first kappa shape index (κ1) is 89.8. The standard InChI is InChI=1S/C13H23N.2C10H17N.C10H19N.C9H16N2.C9H15N.C9H19N.C8H17N.C7H13N.C7H15N.C6H13N/c1-2-3-14-13-11-5-9-4-10(7-11)8-12(13)6-9;11-10-4-7-1-8(5-10)3-9(2-7)6-10;11-10-8-2-6-1-7(4-8)5-9(10)3-6;1-9(2)7-4-5-10(9,3)8(11)6-7;1-7-4-3-5-9(11,6-10)8(7)2;10-9-4-6-1-7(5-9)3-8(9)2-6;1-7-4-8(10)6-9(2,3)5-7;1-6-4-3-5-8(9)7(6)2;8-7-4-5-1-2-6(7)3-5;1-6-4-2-3-5-7(6)8;7-6-4-2-1-3-5-6/h9-14H,2-8H2,1H3;7-9H,1-6,11H2;6-10H,1-5,11H2;7-8H,4-6,11H2,1-3H3;7-8H,3-5,11H2,1-2H3;6-8H,1-5,10H2;7-8H,4-6,10H2,1-3H3;6-8H,3-5,9H2,1-2H3;5-7H,1-4,8H2;6-7H,2-5,8H2,1H3;6H,1-5,7H2. The Labute approximate surface area is 678 Å². The summed E-state index contributed by atoms with van der Waals surface area (Å²) in [6, 6.07) is 6.75. The van der Waals surface area contributed by atoms with E-state index in [2.05, 4.69) is 94.5 Å². The Hall–Kier alpha value is -0.950. The summed E-state index contributed by atoms with van der Waals surface area (Å²) in [7, 11) is 0. The molecular formula is C98H184N12. The molecule has 25 saturated carbocycles. The molecule has 12 nitrogen and oxygen atoms in total. The lowest BCUT2D eigenvalue weighted by Crippen LogP contribution is -2.55. The van der Waals surface area contributed by atoms with Crippen LogP contribution in [0.5, 0.6) is 0 Å². The molecule has 0 radical (unpaired) electrons. The van der Waals surface area contributed by atoms with Crippen LogP contribution in [0.2, 0.25) is 0 Å². The molecule has 0 aromatic heterocycles. The first-order valence-electron chi connectivity index (χ1n) is 48.8. The number of rotatable bonds is 3. The molecule has 12 heteroatoms. The van der Waals surface area contributed by atoms with Crippen LogP contribution in [0.4, 0.5) is 0 Å². The highest BCUT2D eigenvalue weighted by molar-refractivity contribution is 5.14. The maximum Gasteiger partial charge on any atom is 0.107 e. The third kappa shape index (κ3) is 22.9. The third-order valence-electron chi connectivity index (χ3n) is 37.1. The first-order chi connectivity index (χ1) is 52.0. The molecule has 0 aromatic rings. The second-order valence-electron chi connectivity index (χ2n) is 46.8. The van der Waals surface area contributed by atoms with Gasteiger partial charge in [-0.2, -0.15) is 5.26 Å². The number of fused-ring (bicyclic) bond motifs is 4. The van der Waals surface area contributed by atoms with Crippen LogP contribution in [0.15, 0.2) is 0 Å². The van der Waals surface area contributed by atoms with Crippen LogP contribution in [0.1, 0.15) is 385 Å². The van der Waals surface area contributed by atoms with Gasteiger partial charge in [0.1, 0.15) is 5.54 Å². The van der Waals surface area contributed by atoms with Gasteiger partial charge >= 0.3 is 0 Å². The number of hydrogen-bond donors (Lipinski definition) is 11. The Balaban J connectivity index is 0.000000121. The summed E-state index contributed by atoms with van der Waals surface area (Å²) in [5.74, 6) is 21.4. The fourth-order valence-corrected chi connectivity index (χ4v) is 30.5. The highest BCUT2D eigenvalue weighted by Gasteiger charge is 2.60. The van der Waals surface area contributed by atoms with Gasteiger partial charge in [-0.1, -0.05) is 147 Å². The van der Waals surface area contributed by atoms with Gasteiger partial charge in [-0.25, -0.2) is 0 Å². The summed E-state index contributed by atoms with van der Waals surface area (Å²) >= 11 is 0. The zero-order valence-electron chi connectivity index (χ0n) is 74.1. The maximum absolute atomic E-state index is 8.86. The number of nitriles is 1. The molecule has 18 atom stereocenters. The molecule has 0 saturated heterocycles. The average molecular weight is 1530 g/mol. The molecule has 0 aliphatic heterocycles. The maximum atomic E-state index is 8.86. The van der Waals surface area contributed by atoms with Crippen molar-refractivity contribution in [2.75, 3.05) is 6.54 Å². The predicted molar refractivity (Wildman–Crippen MR) is 467 cm³/mol. The monoisotopic (exact) mass is 1530 g/mol. The van der Waals surface area contributed by atoms with Crippen molar-refractivity contribution in [1.82, 2.24) is 5.32 Å². The van der Waals surface area contributed by atoms with Gasteiger partial charge in [-0.05, 0) is 396 Å². The molecule has 25 aliphatic carbocycles. The lowest BCUT2D eigenvalue weighted by Gasteiger charge is -2.55. The molecule has 18 unspecified atom stereocenters. The molecule has 0 heterocycles. The van der Waals surface area contributed by atoms with Crippen LogP contribution in [-0.4, -0.2) is 71.5 Å². The molecule has 25 aliphatic rings. The quantitative estimate of drug-likeness (QED) is 0.126. The van der Waals surface area contributed by atoms with Gasteiger partial charge in [0.05, 0.1) is 6.07 Å². The summed E-state index contributed by atoms with van der Waals surface area (Å²) in [6.07, 6.45) is 64.9. The largest absolute Gasteiger partial charge is 0.328 e. The van der Waals surface area contributed by atoms with E-state index in [0.29, 0.717) is 81.5 Å². The van der Waals surface area contributed by atoms with Crippen molar-refractivity contribution < 1.29 is 0 Å². The molecule has 25 fully saturated rings. The number of nitrogens with one attached hydrogen (secondary N) is 1. The van der Waals surface area contributed by atoms with E-state index in [1.807, 2.05) is 0 Å². The van der Waals surface area contributed by atoms with Gasteiger partial charge < -0.3 is 62.7 Å². The summed E-state index contributed by atoms with van der Waals surface area (Å²) in [6.45, 7) is 28.8. The lowest BCUT2D eigenvalue weighted by atomic mass is 9.53. The van der Waals surface area contributed by atoms with Gasteiger partial charge in [0.25, 0.3) is 0 Å². The van der Waals surface area contributed by atoms with Crippen molar-refractivity contribution >= 4 is 0 Å². The Morgan fingerprint density at radius 3 is 1.22 bits per heavy atom. The molecule has 0 aromatic carbocycles. The van der Waals surface area contributed by atoms with E-state index in [4.69, 9.17) is 62.6 Å². The zero-order chi connectivity index (χ0) is 79.3. The van der Waals surface area contributed by atoms with Crippen LogP contribution in [0, 0.1) is 164 Å². The Bertz CT molecular complexity index is 2650. The first-order valence-corrected chi connectivity index (χ1v) is 48.8. The van der Waals surface area contributed by atoms with Crippen molar-refractivity contribution in [3.63, 3.8) is 0 Å². The second kappa shape index (κ2) is 39.1. The predicted octanol–water partition coefficient (Wildman–Crippen LogP) is 19.7. The fraction of sp³-hybridized carbons (Fsp3) is 0.990. The Morgan fingerprint density at radius 1 is 0.382 bits per heavy atom. The summed E-state index contributed by atoms with van der Waals surface area (Å²) in [4.78, 5) is 0. The van der Waals surface area contributed by atoms with Crippen LogP contribution >= 0.6 is 0 Å². The fourth-order valence-electron chi connectivity index (χ4n) is 30.5. The normalized spacial score (nSPS) is 49.7. The van der Waals surface area contributed by atoms with Crippen molar-refractivity contribution in [2.45, 2.75) is 450 Å².